The topological polar surface area (TPSA) is 70.6 Å². The summed E-state index contributed by atoms with van der Waals surface area (Å²) in [7, 11) is 0. The third kappa shape index (κ3) is 3.46. The molecule has 0 aromatic carbocycles. The number of hydrogen-bond acceptors (Lipinski definition) is 4. The average Bonchev–Trinajstić information content (AvgIpc) is 2.40. The second-order valence-electron chi connectivity index (χ2n) is 6.14. The Balaban J connectivity index is 1.85. The van der Waals surface area contributed by atoms with Gasteiger partial charge in [-0.1, -0.05) is 19.8 Å². The van der Waals surface area contributed by atoms with Crippen LogP contribution in [0.5, 0.6) is 0 Å². The number of amides is 1. The molecule has 5 heteroatoms. The second kappa shape index (κ2) is 6.20. The predicted molar refractivity (Wildman–Crippen MR) is 72.8 cm³/mol. The van der Waals surface area contributed by atoms with Crippen molar-refractivity contribution in [3.05, 3.63) is 0 Å². The predicted octanol–water partition coefficient (Wildman–Crippen LogP) is 0.421. The van der Waals surface area contributed by atoms with Crippen molar-refractivity contribution >= 4 is 5.91 Å². The van der Waals surface area contributed by atoms with Crippen LogP contribution in [0.4, 0.5) is 0 Å². The number of aliphatic hydroxyl groups excluding tert-OH is 1. The second-order valence-corrected chi connectivity index (χ2v) is 6.14. The lowest BCUT2D eigenvalue weighted by Crippen LogP contribution is -2.57. The minimum absolute atomic E-state index is 0.0220. The quantitative estimate of drug-likeness (QED) is 0.695. The molecule has 1 amide bonds. The molecule has 4 atom stereocenters. The minimum atomic E-state index is -0.311. The Bertz CT molecular complexity index is 324. The molecular formula is C14H26N2O3. The van der Waals surface area contributed by atoms with Crippen molar-refractivity contribution < 1.29 is 14.6 Å². The summed E-state index contributed by atoms with van der Waals surface area (Å²) in [5.74, 6) is -0.0220. The molecule has 2 rings (SSSR count). The third-order valence-corrected chi connectivity index (χ3v) is 4.55. The van der Waals surface area contributed by atoms with Gasteiger partial charge in [0.15, 0.2) is 0 Å². The molecule has 1 saturated heterocycles. The van der Waals surface area contributed by atoms with Gasteiger partial charge in [-0.3, -0.25) is 4.79 Å². The van der Waals surface area contributed by atoms with Crippen molar-refractivity contribution in [1.29, 1.82) is 0 Å². The zero-order chi connectivity index (χ0) is 13.9. The lowest BCUT2D eigenvalue weighted by molar-refractivity contribution is -0.130. The van der Waals surface area contributed by atoms with E-state index in [-0.39, 0.29) is 29.6 Å². The maximum Gasteiger partial charge on any atom is 0.239 e. The van der Waals surface area contributed by atoms with Crippen molar-refractivity contribution in [3.63, 3.8) is 0 Å². The van der Waals surface area contributed by atoms with Crippen LogP contribution in [-0.4, -0.2) is 49.0 Å². The molecule has 3 N–H and O–H groups in total. The van der Waals surface area contributed by atoms with Gasteiger partial charge in [0.1, 0.15) is 6.04 Å². The molecule has 19 heavy (non-hydrogen) atoms. The highest BCUT2D eigenvalue weighted by molar-refractivity contribution is 5.82. The third-order valence-electron chi connectivity index (χ3n) is 4.55. The smallest absolute Gasteiger partial charge is 0.239 e. The van der Waals surface area contributed by atoms with Crippen LogP contribution >= 0.6 is 0 Å². The van der Waals surface area contributed by atoms with E-state index in [1.165, 1.54) is 0 Å². The largest absolute Gasteiger partial charge is 0.392 e. The van der Waals surface area contributed by atoms with Crippen molar-refractivity contribution in [2.24, 2.45) is 5.41 Å². The molecule has 0 spiro atoms. The van der Waals surface area contributed by atoms with Crippen molar-refractivity contribution in [2.75, 3.05) is 19.7 Å². The van der Waals surface area contributed by atoms with Gasteiger partial charge < -0.3 is 20.5 Å². The average molecular weight is 270 g/mol. The summed E-state index contributed by atoms with van der Waals surface area (Å²) in [5.41, 5.74) is -0.188. The Kier molecular flexibility index (Phi) is 4.81. The molecule has 0 aromatic heterocycles. The number of ether oxygens (including phenoxy) is 1. The van der Waals surface area contributed by atoms with Gasteiger partial charge in [-0.15, -0.1) is 0 Å². The molecule has 1 aliphatic carbocycles. The molecule has 0 radical (unpaired) electrons. The molecule has 1 saturated carbocycles. The van der Waals surface area contributed by atoms with Crippen LogP contribution in [0, 0.1) is 5.41 Å². The van der Waals surface area contributed by atoms with Gasteiger partial charge in [-0.05, 0) is 19.8 Å². The molecule has 110 valence electrons. The highest BCUT2D eigenvalue weighted by atomic mass is 16.5. The van der Waals surface area contributed by atoms with Gasteiger partial charge in [0.2, 0.25) is 5.91 Å². The molecule has 0 bridgehead atoms. The Hall–Kier alpha value is -0.650. The number of nitrogens with one attached hydrogen (secondary N) is 2. The SMILES string of the molecule is C[C@H]1OCCN[C@@H]1C(=O)NCC1(C)CCCCC1O. The van der Waals surface area contributed by atoms with Crippen LogP contribution < -0.4 is 10.6 Å². The van der Waals surface area contributed by atoms with Crippen molar-refractivity contribution in [2.45, 2.75) is 57.8 Å². The Labute approximate surface area is 115 Å². The molecular weight excluding hydrogens is 244 g/mol. The summed E-state index contributed by atoms with van der Waals surface area (Å²) in [6, 6.07) is -0.280. The van der Waals surface area contributed by atoms with Crippen LogP contribution in [0.25, 0.3) is 0 Å². The fourth-order valence-electron chi connectivity index (χ4n) is 3.01. The van der Waals surface area contributed by atoms with Gasteiger partial charge in [-0.25, -0.2) is 0 Å². The van der Waals surface area contributed by atoms with E-state index in [1.807, 2.05) is 6.92 Å². The maximum absolute atomic E-state index is 12.2. The molecule has 5 nitrogen and oxygen atoms in total. The van der Waals surface area contributed by atoms with E-state index in [2.05, 4.69) is 17.6 Å². The fraction of sp³-hybridized carbons (Fsp3) is 0.929. The summed E-state index contributed by atoms with van der Waals surface area (Å²) in [6.45, 7) is 5.88. The Morgan fingerprint density at radius 1 is 1.53 bits per heavy atom. The highest BCUT2D eigenvalue weighted by Gasteiger charge is 2.37. The molecule has 1 aliphatic heterocycles. The molecule has 1 heterocycles. The lowest BCUT2D eigenvalue weighted by Gasteiger charge is -2.39. The van der Waals surface area contributed by atoms with E-state index < -0.39 is 0 Å². The number of carbonyl (C=O) groups is 1. The number of hydrogen-bond donors (Lipinski definition) is 3. The molecule has 2 fully saturated rings. The van der Waals surface area contributed by atoms with Gasteiger partial charge in [0, 0.05) is 18.5 Å². The summed E-state index contributed by atoms with van der Waals surface area (Å²) in [6.07, 6.45) is 3.61. The first-order valence-electron chi connectivity index (χ1n) is 7.34. The van der Waals surface area contributed by atoms with E-state index in [0.717, 1.165) is 25.7 Å². The maximum atomic E-state index is 12.2. The lowest BCUT2D eigenvalue weighted by atomic mass is 9.73. The van der Waals surface area contributed by atoms with Crippen LogP contribution in [0.3, 0.4) is 0 Å². The number of morpholine rings is 1. The summed E-state index contributed by atoms with van der Waals surface area (Å²) in [4.78, 5) is 12.2. The Morgan fingerprint density at radius 2 is 2.32 bits per heavy atom. The fourth-order valence-corrected chi connectivity index (χ4v) is 3.01. The summed E-state index contributed by atoms with van der Waals surface area (Å²) in [5, 5.41) is 16.3. The summed E-state index contributed by atoms with van der Waals surface area (Å²) < 4.78 is 5.48. The van der Waals surface area contributed by atoms with E-state index in [4.69, 9.17) is 4.74 Å². The number of rotatable bonds is 3. The standard InChI is InChI=1S/C14H26N2O3/c1-10-12(15-7-8-19-10)13(18)16-9-14(2)6-4-3-5-11(14)17/h10-12,15,17H,3-9H2,1-2H3,(H,16,18)/t10-,11?,12+,14?/m1/s1. The zero-order valence-corrected chi connectivity index (χ0v) is 11.9. The monoisotopic (exact) mass is 270 g/mol. The number of aliphatic hydroxyl groups is 1. The number of carbonyl (C=O) groups excluding carboxylic acids is 1. The van der Waals surface area contributed by atoms with E-state index in [1.54, 1.807) is 0 Å². The van der Waals surface area contributed by atoms with Gasteiger partial charge in [-0.2, -0.15) is 0 Å². The first-order chi connectivity index (χ1) is 9.03. The molecule has 2 unspecified atom stereocenters. The van der Waals surface area contributed by atoms with Gasteiger partial charge in [0.25, 0.3) is 0 Å². The highest BCUT2D eigenvalue weighted by Crippen LogP contribution is 2.35. The van der Waals surface area contributed by atoms with E-state index in [9.17, 15) is 9.90 Å². The Morgan fingerprint density at radius 3 is 3.00 bits per heavy atom. The zero-order valence-electron chi connectivity index (χ0n) is 11.9. The van der Waals surface area contributed by atoms with E-state index >= 15 is 0 Å². The van der Waals surface area contributed by atoms with Gasteiger partial charge >= 0.3 is 0 Å². The van der Waals surface area contributed by atoms with Crippen molar-refractivity contribution in [3.8, 4) is 0 Å². The normalized spacial score (nSPS) is 39.8. The first-order valence-corrected chi connectivity index (χ1v) is 7.34. The van der Waals surface area contributed by atoms with Crippen LogP contribution in [-0.2, 0) is 9.53 Å². The first kappa shape index (κ1) is 14.8. The van der Waals surface area contributed by atoms with Crippen molar-refractivity contribution in [1.82, 2.24) is 10.6 Å². The van der Waals surface area contributed by atoms with Crippen LogP contribution in [0.15, 0.2) is 0 Å². The summed E-state index contributed by atoms with van der Waals surface area (Å²) >= 11 is 0. The molecule has 0 aromatic rings. The van der Waals surface area contributed by atoms with Crippen LogP contribution in [0.2, 0.25) is 0 Å². The molecule has 2 aliphatic rings. The van der Waals surface area contributed by atoms with E-state index in [0.29, 0.717) is 19.7 Å². The minimum Gasteiger partial charge on any atom is -0.392 e. The van der Waals surface area contributed by atoms with Crippen LogP contribution in [0.1, 0.15) is 39.5 Å². The van der Waals surface area contributed by atoms with Gasteiger partial charge in [0.05, 0.1) is 18.8 Å².